The second kappa shape index (κ2) is 9.40. The predicted octanol–water partition coefficient (Wildman–Crippen LogP) is 2.57. The quantitative estimate of drug-likeness (QED) is 0.550. The van der Waals surface area contributed by atoms with Gasteiger partial charge in [-0.25, -0.2) is 28.1 Å². The average Bonchev–Trinajstić information content (AvgIpc) is 2.77. The number of hydrogen-bond donors (Lipinski definition) is 1. The fourth-order valence-corrected chi connectivity index (χ4v) is 3.25. The molecule has 0 unspecified atom stereocenters. The van der Waals surface area contributed by atoms with Gasteiger partial charge in [0.2, 0.25) is 0 Å². The molecule has 0 saturated carbocycles. The summed E-state index contributed by atoms with van der Waals surface area (Å²) in [7, 11) is 1.44. The van der Waals surface area contributed by atoms with Crippen LogP contribution < -0.4 is 5.32 Å². The Hall–Kier alpha value is -3.05. The van der Waals surface area contributed by atoms with Crippen LogP contribution in [0.4, 0.5) is 13.2 Å². The van der Waals surface area contributed by atoms with Crippen molar-refractivity contribution in [3.8, 4) is 11.4 Å². The van der Waals surface area contributed by atoms with Crippen LogP contribution in [0.2, 0.25) is 5.15 Å². The number of ether oxygens (including phenoxy) is 1. The molecule has 0 bridgehead atoms. The summed E-state index contributed by atoms with van der Waals surface area (Å²) >= 11 is 6.10. The van der Waals surface area contributed by atoms with Crippen molar-refractivity contribution < 1.29 is 27.5 Å². The normalized spacial score (nSPS) is 18.7. The molecule has 1 aliphatic heterocycles. The van der Waals surface area contributed by atoms with Crippen molar-refractivity contribution in [1.82, 2.24) is 25.2 Å². The van der Waals surface area contributed by atoms with Crippen LogP contribution in [0.5, 0.6) is 0 Å². The van der Waals surface area contributed by atoms with Crippen molar-refractivity contribution in [2.75, 3.05) is 20.1 Å². The Morgan fingerprint density at radius 1 is 1.26 bits per heavy atom. The second-order valence-electron chi connectivity index (χ2n) is 6.59. The largest absolute Gasteiger partial charge is 0.361 e. The van der Waals surface area contributed by atoms with Crippen LogP contribution in [-0.2, 0) is 9.53 Å². The predicted molar refractivity (Wildman–Crippen MR) is 104 cm³/mol. The number of rotatable bonds is 5. The third-order valence-electron chi connectivity index (χ3n) is 4.50. The highest BCUT2D eigenvalue weighted by Gasteiger charge is 2.37. The van der Waals surface area contributed by atoms with Crippen LogP contribution in [0.1, 0.15) is 22.2 Å². The summed E-state index contributed by atoms with van der Waals surface area (Å²) in [5.74, 6) is -2.79. The molecule has 2 amide bonds. The summed E-state index contributed by atoms with van der Waals surface area (Å²) in [5, 5.41) is 2.44. The first-order valence-electron chi connectivity index (χ1n) is 8.99. The number of morpholine rings is 1. The van der Waals surface area contributed by atoms with E-state index in [0.717, 1.165) is 4.90 Å². The van der Waals surface area contributed by atoms with Crippen molar-refractivity contribution in [1.29, 1.82) is 0 Å². The molecular formula is C19H17ClF3N5O3. The Bertz CT molecular complexity index is 1020. The van der Waals surface area contributed by atoms with Gasteiger partial charge in [-0.2, -0.15) is 0 Å². The van der Waals surface area contributed by atoms with Crippen LogP contribution in [0.15, 0.2) is 36.9 Å². The van der Waals surface area contributed by atoms with Gasteiger partial charge >= 0.3 is 0 Å². The smallest absolute Gasteiger partial charge is 0.282 e. The maximum absolute atomic E-state index is 13.4. The number of pyridine rings is 1. The molecule has 0 radical (unpaired) electrons. The third kappa shape index (κ3) is 5.17. The van der Waals surface area contributed by atoms with E-state index in [1.54, 1.807) is 0 Å². The molecule has 1 saturated heterocycles. The topological polar surface area (TPSA) is 97.3 Å². The Morgan fingerprint density at radius 3 is 2.65 bits per heavy atom. The van der Waals surface area contributed by atoms with E-state index >= 15 is 0 Å². The van der Waals surface area contributed by atoms with Gasteiger partial charge in [0.25, 0.3) is 18.2 Å². The number of nitrogens with one attached hydrogen (secondary N) is 1. The van der Waals surface area contributed by atoms with Gasteiger partial charge < -0.3 is 15.0 Å². The molecule has 8 nitrogen and oxygen atoms in total. The molecule has 31 heavy (non-hydrogen) atoms. The number of carbonyl (C=O) groups excluding carboxylic acids is 2. The lowest BCUT2D eigenvalue weighted by Crippen LogP contribution is -2.49. The maximum Gasteiger partial charge on any atom is 0.282 e. The fraction of sp³-hybridized carbons (Fsp3) is 0.316. The van der Waals surface area contributed by atoms with Crippen LogP contribution in [0, 0.1) is 0 Å². The number of hydrogen-bond acceptors (Lipinski definition) is 6. The third-order valence-corrected chi connectivity index (χ3v) is 4.70. The highest BCUT2D eigenvalue weighted by atomic mass is 35.5. The number of carbonyl (C=O) groups is 2. The Labute approximate surface area is 180 Å². The lowest BCUT2D eigenvalue weighted by atomic mass is 10.0. The fourth-order valence-electron chi connectivity index (χ4n) is 3.03. The van der Waals surface area contributed by atoms with Gasteiger partial charge in [0.05, 0.1) is 24.5 Å². The van der Waals surface area contributed by atoms with Gasteiger partial charge in [0, 0.05) is 7.05 Å². The van der Waals surface area contributed by atoms with Gasteiger partial charge in [-0.3, -0.25) is 9.59 Å². The molecule has 0 aliphatic carbocycles. The molecule has 12 heteroatoms. The first-order valence-corrected chi connectivity index (χ1v) is 9.36. The highest BCUT2D eigenvalue weighted by molar-refractivity contribution is 6.29. The van der Waals surface area contributed by atoms with Crippen molar-refractivity contribution in [2.24, 2.45) is 0 Å². The first-order chi connectivity index (χ1) is 14.7. The lowest BCUT2D eigenvalue weighted by Gasteiger charge is -2.37. The van der Waals surface area contributed by atoms with Crippen LogP contribution in [0.3, 0.4) is 0 Å². The van der Waals surface area contributed by atoms with Gasteiger partial charge in [0.15, 0.2) is 5.83 Å². The molecule has 3 heterocycles. The molecule has 1 fully saturated rings. The van der Waals surface area contributed by atoms with E-state index in [0.29, 0.717) is 5.56 Å². The zero-order chi connectivity index (χ0) is 22.7. The number of halogens is 4. The average molecular weight is 456 g/mol. The van der Waals surface area contributed by atoms with E-state index in [1.807, 2.05) is 0 Å². The summed E-state index contributed by atoms with van der Waals surface area (Å²) in [6, 6.07) is 4.25. The van der Waals surface area contributed by atoms with E-state index in [1.165, 1.54) is 31.6 Å². The van der Waals surface area contributed by atoms with E-state index in [9.17, 15) is 22.8 Å². The van der Waals surface area contributed by atoms with E-state index in [2.05, 4.69) is 26.8 Å². The minimum absolute atomic E-state index is 0.00292. The van der Waals surface area contributed by atoms with Gasteiger partial charge in [-0.05, 0) is 23.8 Å². The zero-order valence-corrected chi connectivity index (χ0v) is 16.9. The number of alkyl halides is 2. The molecule has 164 valence electrons. The second-order valence-corrected chi connectivity index (χ2v) is 6.98. The maximum atomic E-state index is 13.4. The van der Waals surface area contributed by atoms with Gasteiger partial charge in [0.1, 0.15) is 29.4 Å². The van der Waals surface area contributed by atoms with E-state index < -0.39 is 42.8 Å². The van der Waals surface area contributed by atoms with E-state index in [4.69, 9.17) is 16.3 Å². The standard InChI is InChI=1S/C19H17ClF3N5O3/c1-9(21)19(30)28-6-14(31-15(7-28)17(22)23)10-3-12(27-16(20)4-10)11-5-13(18(29)24-2)26-8-25-11/h3-5,8,14-15,17H,1,6-7H2,2H3,(H,24,29)/t14-,15-/m1/s1. The summed E-state index contributed by atoms with van der Waals surface area (Å²) in [6.07, 6.45) is -4.40. The van der Waals surface area contributed by atoms with Crippen LogP contribution in [0.25, 0.3) is 11.4 Å². The molecule has 0 aromatic carbocycles. The first kappa shape index (κ1) is 22.6. The molecular weight excluding hydrogens is 439 g/mol. The van der Waals surface area contributed by atoms with Crippen molar-refractivity contribution in [3.05, 3.63) is 53.3 Å². The van der Waals surface area contributed by atoms with E-state index in [-0.39, 0.29) is 28.8 Å². The van der Waals surface area contributed by atoms with Crippen molar-refractivity contribution >= 4 is 23.4 Å². The molecule has 3 rings (SSSR count). The van der Waals surface area contributed by atoms with Gasteiger partial charge in [-0.1, -0.05) is 18.2 Å². The van der Waals surface area contributed by atoms with Crippen molar-refractivity contribution in [2.45, 2.75) is 18.6 Å². The molecule has 2 aromatic heterocycles. The molecule has 0 spiro atoms. The lowest BCUT2D eigenvalue weighted by molar-refractivity contribution is -0.160. The Morgan fingerprint density at radius 2 is 2.00 bits per heavy atom. The summed E-state index contributed by atoms with van der Waals surface area (Å²) in [4.78, 5) is 36.8. The summed E-state index contributed by atoms with van der Waals surface area (Å²) in [5.41, 5.74) is 0.887. The SMILES string of the molecule is C=C(F)C(=O)N1C[C@H](c2cc(Cl)nc(-c3cc(C(=O)NC)ncn3)c2)O[C@@H](C(F)F)C1. The van der Waals surface area contributed by atoms with Crippen LogP contribution in [-0.4, -0.2) is 64.3 Å². The molecule has 2 atom stereocenters. The summed E-state index contributed by atoms with van der Waals surface area (Å²) in [6.45, 7) is 2.25. The molecule has 2 aromatic rings. The van der Waals surface area contributed by atoms with Crippen LogP contribution >= 0.6 is 11.6 Å². The minimum atomic E-state index is -2.90. The van der Waals surface area contributed by atoms with Crippen molar-refractivity contribution in [3.63, 3.8) is 0 Å². The zero-order valence-electron chi connectivity index (χ0n) is 16.2. The number of amides is 2. The molecule has 1 N–H and O–H groups in total. The number of aromatic nitrogens is 3. The summed E-state index contributed by atoms with van der Waals surface area (Å²) < 4.78 is 45.5. The highest BCUT2D eigenvalue weighted by Crippen LogP contribution is 2.31. The number of nitrogens with zero attached hydrogens (tertiary/aromatic N) is 4. The Balaban J connectivity index is 1.97. The van der Waals surface area contributed by atoms with Gasteiger partial charge in [-0.15, -0.1) is 0 Å². The minimum Gasteiger partial charge on any atom is -0.361 e. The monoisotopic (exact) mass is 455 g/mol. The molecule has 1 aliphatic rings. The Kier molecular flexibility index (Phi) is 6.86.